The molecule has 0 aliphatic rings. The minimum Gasteiger partial charge on any atom is -0.324 e. The number of para-hydroxylation sites is 2. The number of rotatable bonds is 4. The largest absolute Gasteiger partial charge is 0.324 e. The van der Waals surface area contributed by atoms with Gasteiger partial charge in [0.2, 0.25) is 0 Å². The average Bonchev–Trinajstić information content (AvgIpc) is 3.66. The van der Waals surface area contributed by atoms with Crippen LogP contribution in [-0.4, -0.2) is 9.55 Å². The Morgan fingerprint density at radius 3 is 1.42 bits per heavy atom. The minimum absolute atomic E-state index is 0.863. The van der Waals surface area contributed by atoms with Gasteiger partial charge in [-0.3, -0.25) is 0 Å². The fourth-order valence-corrected chi connectivity index (χ4v) is 9.87. The summed E-state index contributed by atoms with van der Waals surface area (Å²) < 4.78 is 2.31. The summed E-state index contributed by atoms with van der Waals surface area (Å²) in [5.41, 5.74) is 8.26. The molecule has 12 aromatic rings. The van der Waals surface area contributed by atoms with Gasteiger partial charge in [-0.15, -0.1) is 0 Å². The van der Waals surface area contributed by atoms with Crippen LogP contribution in [0.2, 0.25) is 0 Å². The van der Waals surface area contributed by atoms with E-state index in [4.69, 9.17) is 4.98 Å². The van der Waals surface area contributed by atoms with Crippen molar-refractivity contribution in [3.8, 4) is 33.6 Å². The smallest absolute Gasteiger partial charge is 0.141 e. The molecule has 1 aromatic heterocycles. The van der Waals surface area contributed by atoms with Crippen LogP contribution in [0, 0.1) is 0 Å². The Bertz CT molecular complexity index is 3550. The fourth-order valence-electron chi connectivity index (χ4n) is 9.87. The Balaban J connectivity index is 1.13. The average molecular weight is 725 g/mol. The highest BCUT2D eigenvalue weighted by atomic mass is 15.1. The zero-order valence-electron chi connectivity index (χ0n) is 31.5. The summed E-state index contributed by atoms with van der Waals surface area (Å²) >= 11 is 0. The second kappa shape index (κ2) is 12.4. The summed E-state index contributed by atoms with van der Waals surface area (Å²) in [4.78, 5) is 5.05. The molecule has 2 nitrogen and oxygen atoms in total. The van der Waals surface area contributed by atoms with Gasteiger partial charge >= 0.3 is 0 Å². The molecule has 0 aliphatic heterocycles. The summed E-state index contributed by atoms with van der Waals surface area (Å²) in [5.74, 6) is 1.01. The predicted molar refractivity (Wildman–Crippen MR) is 244 cm³/mol. The van der Waals surface area contributed by atoms with Crippen LogP contribution in [0.15, 0.2) is 188 Å². The number of aromatic nitrogens is 2. The Hall–Kier alpha value is -7.29. The lowest BCUT2D eigenvalue weighted by atomic mass is 9.84. The number of hydrogen-bond donors (Lipinski definition) is 0. The summed E-state index contributed by atoms with van der Waals surface area (Å²) in [6, 6.07) is 69.7. The molecule has 0 spiro atoms. The van der Waals surface area contributed by atoms with Crippen LogP contribution >= 0.6 is 0 Å². The van der Waals surface area contributed by atoms with Gasteiger partial charge in [0.15, 0.2) is 0 Å². The molecule has 0 aliphatic carbocycles. The molecule has 2 heteroatoms. The standard InChI is InChI=1S/C55H36N2/c1-2-57-50-24-10-9-23-49(50)56-55(57)37-29-27-36(28-30-37)51-44-17-5-7-19-46(44)52(47-20-8-6-18-45(47)51)38-31-32-41-43-22-12-14-35-26-25-34-13-11-21-42(53(34)54(35)43)39-15-3-4-16-40(39)48(41)33-38/h3-33H,2H2,1H3. The van der Waals surface area contributed by atoms with Gasteiger partial charge in [-0.1, -0.05) is 170 Å². The Morgan fingerprint density at radius 1 is 0.368 bits per heavy atom. The van der Waals surface area contributed by atoms with Gasteiger partial charge in [-0.2, -0.15) is 0 Å². The molecule has 0 fully saturated rings. The minimum atomic E-state index is 0.863. The van der Waals surface area contributed by atoms with Gasteiger partial charge in [0.25, 0.3) is 0 Å². The van der Waals surface area contributed by atoms with E-state index in [0.29, 0.717) is 0 Å². The first-order valence-electron chi connectivity index (χ1n) is 19.9. The third-order valence-electron chi connectivity index (χ3n) is 12.3. The van der Waals surface area contributed by atoms with Crippen LogP contribution in [0.4, 0.5) is 0 Å². The first-order chi connectivity index (χ1) is 28.2. The highest BCUT2D eigenvalue weighted by molar-refractivity contribution is 6.33. The Labute approximate surface area is 329 Å². The van der Waals surface area contributed by atoms with E-state index in [9.17, 15) is 0 Å². The number of hydrogen-bond acceptors (Lipinski definition) is 1. The van der Waals surface area contributed by atoms with E-state index in [0.717, 1.165) is 23.4 Å². The van der Waals surface area contributed by atoms with Crippen LogP contribution in [0.1, 0.15) is 6.92 Å². The third-order valence-corrected chi connectivity index (χ3v) is 12.3. The lowest BCUT2D eigenvalue weighted by Gasteiger charge is -2.19. The topological polar surface area (TPSA) is 17.8 Å². The lowest BCUT2D eigenvalue weighted by molar-refractivity contribution is 0.796. The zero-order valence-corrected chi connectivity index (χ0v) is 31.5. The van der Waals surface area contributed by atoms with Crippen LogP contribution in [0.25, 0.3) is 120 Å². The molecule has 0 amide bonds. The molecule has 0 N–H and O–H groups in total. The molecule has 0 saturated heterocycles. The molecule has 0 radical (unpaired) electrons. The van der Waals surface area contributed by atoms with Crippen LogP contribution in [-0.2, 0) is 6.54 Å². The van der Waals surface area contributed by atoms with Gasteiger partial charge in [0, 0.05) is 12.1 Å². The van der Waals surface area contributed by atoms with Crippen molar-refractivity contribution < 1.29 is 0 Å². The van der Waals surface area contributed by atoms with E-state index in [1.165, 1.54) is 103 Å². The van der Waals surface area contributed by atoms with Crippen molar-refractivity contribution in [2.75, 3.05) is 0 Å². The maximum absolute atomic E-state index is 5.05. The highest BCUT2D eigenvalue weighted by Crippen LogP contribution is 2.46. The monoisotopic (exact) mass is 724 g/mol. The number of nitrogens with zero attached hydrogens (tertiary/aromatic N) is 2. The molecular formula is C55H36N2. The highest BCUT2D eigenvalue weighted by Gasteiger charge is 2.19. The summed E-state index contributed by atoms with van der Waals surface area (Å²) in [6.07, 6.45) is 0. The quantitative estimate of drug-likeness (QED) is 0.131. The Kier molecular flexibility index (Phi) is 6.94. The SMILES string of the molecule is CCn1c(-c2ccc(-c3c4ccccc4c(-c4ccc5c(c4)c4ccccc4c4cccc6ccc7cccc5c7c64)c4ccccc34)cc2)nc2ccccc21. The molecular weight excluding hydrogens is 689 g/mol. The van der Waals surface area contributed by atoms with Gasteiger partial charge in [-0.05, 0) is 123 Å². The number of imidazole rings is 1. The van der Waals surface area contributed by atoms with Gasteiger partial charge in [-0.25, -0.2) is 4.98 Å². The van der Waals surface area contributed by atoms with Crippen molar-refractivity contribution in [2.24, 2.45) is 0 Å². The van der Waals surface area contributed by atoms with E-state index in [-0.39, 0.29) is 0 Å². The van der Waals surface area contributed by atoms with E-state index in [1.807, 2.05) is 0 Å². The molecule has 266 valence electrons. The second-order valence-electron chi connectivity index (χ2n) is 15.3. The molecule has 0 unspecified atom stereocenters. The first-order valence-corrected chi connectivity index (χ1v) is 19.9. The lowest BCUT2D eigenvalue weighted by Crippen LogP contribution is -1.97. The second-order valence-corrected chi connectivity index (χ2v) is 15.3. The van der Waals surface area contributed by atoms with Crippen LogP contribution < -0.4 is 0 Å². The summed E-state index contributed by atoms with van der Waals surface area (Å²) in [6.45, 7) is 3.05. The van der Waals surface area contributed by atoms with Gasteiger partial charge in [0.1, 0.15) is 5.82 Å². The fraction of sp³-hybridized carbons (Fsp3) is 0.0364. The van der Waals surface area contributed by atoms with E-state index >= 15 is 0 Å². The molecule has 0 atom stereocenters. The van der Waals surface area contributed by atoms with Crippen molar-refractivity contribution in [2.45, 2.75) is 13.5 Å². The van der Waals surface area contributed by atoms with Crippen molar-refractivity contribution in [1.29, 1.82) is 0 Å². The first kappa shape index (κ1) is 32.0. The normalized spacial score (nSPS) is 12.0. The number of benzene rings is 10. The summed E-state index contributed by atoms with van der Waals surface area (Å²) in [7, 11) is 0. The van der Waals surface area contributed by atoms with Crippen molar-refractivity contribution in [3.05, 3.63) is 188 Å². The molecule has 0 bridgehead atoms. The maximum atomic E-state index is 5.05. The van der Waals surface area contributed by atoms with E-state index < -0.39 is 0 Å². The van der Waals surface area contributed by atoms with Gasteiger partial charge in [0.05, 0.1) is 11.0 Å². The van der Waals surface area contributed by atoms with Crippen molar-refractivity contribution in [1.82, 2.24) is 9.55 Å². The van der Waals surface area contributed by atoms with E-state index in [1.54, 1.807) is 0 Å². The van der Waals surface area contributed by atoms with Crippen molar-refractivity contribution >= 4 is 86.4 Å². The number of aryl methyl sites for hydroxylation is 1. The summed E-state index contributed by atoms with van der Waals surface area (Å²) in [5, 5.41) is 17.8. The number of fused-ring (bicyclic) bond motifs is 8. The zero-order chi connectivity index (χ0) is 37.6. The van der Waals surface area contributed by atoms with Crippen LogP contribution in [0.3, 0.4) is 0 Å². The molecule has 12 rings (SSSR count). The van der Waals surface area contributed by atoms with Crippen LogP contribution in [0.5, 0.6) is 0 Å². The Morgan fingerprint density at radius 2 is 0.825 bits per heavy atom. The van der Waals surface area contributed by atoms with Crippen molar-refractivity contribution in [3.63, 3.8) is 0 Å². The van der Waals surface area contributed by atoms with Gasteiger partial charge < -0.3 is 4.57 Å². The molecule has 0 saturated carbocycles. The molecule has 1 heterocycles. The maximum Gasteiger partial charge on any atom is 0.141 e. The third kappa shape index (κ3) is 4.68. The molecule has 57 heavy (non-hydrogen) atoms. The van der Waals surface area contributed by atoms with E-state index in [2.05, 4.69) is 200 Å². The molecule has 11 aromatic carbocycles. The predicted octanol–water partition coefficient (Wildman–Crippen LogP) is 15.1.